The second-order valence-corrected chi connectivity index (χ2v) is 6.81. The molecule has 2 N–H and O–H groups in total. The average molecular weight is 318 g/mol. The van der Waals surface area contributed by atoms with E-state index in [4.69, 9.17) is 0 Å². The van der Waals surface area contributed by atoms with E-state index in [0.29, 0.717) is 5.92 Å². The third-order valence-corrected chi connectivity index (χ3v) is 4.56. The minimum Gasteiger partial charge on any atom is -0.324 e. The van der Waals surface area contributed by atoms with Crippen LogP contribution < -0.4 is 10.6 Å². The molecule has 0 aliphatic heterocycles. The third kappa shape index (κ3) is 4.21. The Labute approximate surface area is 121 Å². The van der Waals surface area contributed by atoms with E-state index in [2.05, 4.69) is 10.6 Å². The molecule has 2 rings (SSSR count). The van der Waals surface area contributed by atoms with Crippen LogP contribution in [0.3, 0.4) is 0 Å². The molecule has 1 aromatic rings. The van der Waals surface area contributed by atoms with E-state index >= 15 is 0 Å². The molecule has 0 saturated heterocycles. The van der Waals surface area contributed by atoms with Gasteiger partial charge in [-0.25, -0.2) is 8.42 Å². The first-order valence-electron chi connectivity index (χ1n) is 6.53. The molecular formula is C13H16F2N2O3S. The van der Waals surface area contributed by atoms with Gasteiger partial charge in [0.2, 0.25) is 15.7 Å². The van der Waals surface area contributed by atoms with Crippen LogP contribution in [0.1, 0.15) is 12.8 Å². The lowest BCUT2D eigenvalue weighted by atomic mass is 10.3. The zero-order valence-corrected chi connectivity index (χ0v) is 12.0. The summed E-state index contributed by atoms with van der Waals surface area (Å²) in [5.41, 5.74) is -0.129. The fourth-order valence-corrected chi connectivity index (χ4v) is 2.71. The van der Waals surface area contributed by atoms with Gasteiger partial charge in [-0.05, 0) is 37.4 Å². The number of para-hydroxylation sites is 1. The Hall–Kier alpha value is -1.54. The van der Waals surface area contributed by atoms with Crippen molar-refractivity contribution in [1.29, 1.82) is 0 Å². The largest absolute Gasteiger partial charge is 0.341 e. The van der Waals surface area contributed by atoms with E-state index in [0.717, 1.165) is 25.5 Å². The monoisotopic (exact) mass is 318 g/mol. The van der Waals surface area contributed by atoms with Gasteiger partial charge in [-0.15, -0.1) is 0 Å². The number of hydrogen-bond acceptors (Lipinski definition) is 4. The normalized spacial score (nSPS) is 15.2. The molecule has 21 heavy (non-hydrogen) atoms. The summed E-state index contributed by atoms with van der Waals surface area (Å²) in [6.07, 6.45) is 2.29. The summed E-state index contributed by atoms with van der Waals surface area (Å²) >= 11 is 0. The zero-order valence-electron chi connectivity index (χ0n) is 11.2. The molecule has 1 fully saturated rings. The number of rotatable bonds is 7. The van der Waals surface area contributed by atoms with Crippen molar-refractivity contribution in [3.8, 4) is 0 Å². The zero-order chi connectivity index (χ0) is 15.5. The maximum Gasteiger partial charge on any atom is 0.341 e. The van der Waals surface area contributed by atoms with Gasteiger partial charge in [0.25, 0.3) is 0 Å². The van der Waals surface area contributed by atoms with Gasteiger partial charge in [-0.1, -0.05) is 12.1 Å². The predicted octanol–water partition coefficient (Wildman–Crippen LogP) is 1.62. The van der Waals surface area contributed by atoms with Crippen LogP contribution in [0.2, 0.25) is 0 Å². The Morgan fingerprint density at radius 1 is 1.29 bits per heavy atom. The summed E-state index contributed by atoms with van der Waals surface area (Å²) in [7, 11) is -4.75. The standard InChI is InChI=1S/C13H16F2N2O3S/c14-13(15)21(19,20)11-4-2-1-3-10(11)17-12(18)8-16-7-9-5-6-9/h1-4,9,13,16H,5-8H2,(H,17,18). The van der Waals surface area contributed by atoms with Gasteiger partial charge in [0.15, 0.2) is 0 Å². The Bertz CT molecular complexity index is 616. The maximum absolute atomic E-state index is 12.6. The van der Waals surface area contributed by atoms with Crippen molar-refractivity contribution in [2.75, 3.05) is 18.4 Å². The molecule has 1 aromatic carbocycles. The van der Waals surface area contributed by atoms with Gasteiger partial charge >= 0.3 is 5.76 Å². The van der Waals surface area contributed by atoms with E-state index in [1.807, 2.05) is 0 Å². The van der Waals surface area contributed by atoms with Crippen LogP contribution in [0, 0.1) is 5.92 Å². The molecule has 8 heteroatoms. The number of sulfone groups is 1. The van der Waals surface area contributed by atoms with Crippen LogP contribution in [0.25, 0.3) is 0 Å². The highest BCUT2D eigenvalue weighted by atomic mass is 32.2. The molecule has 116 valence electrons. The summed E-state index contributed by atoms with van der Waals surface area (Å²) in [6, 6.07) is 5.14. The molecule has 0 heterocycles. The summed E-state index contributed by atoms with van der Waals surface area (Å²) in [5, 5.41) is 5.29. The van der Waals surface area contributed by atoms with Crippen LogP contribution in [-0.4, -0.2) is 33.2 Å². The molecule has 1 aliphatic rings. The lowest BCUT2D eigenvalue weighted by Crippen LogP contribution is -2.30. The summed E-state index contributed by atoms with van der Waals surface area (Å²) in [6.45, 7) is 0.740. The van der Waals surface area contributed by atoms with Crippen LogP contribution in [0.15, 0.2) is 29.2 Å². The molecule has 0 bridgehead atoms. The SMILES string of the molecule is O=C(CNCC1CC1)Nc1ccccc1S(=O)(=O)C(F)F. The van der Waals surface area contributed by atoms with E-state index in [9.17, 15) is 22.0 Å². The lowest BCUT2D eigenvalue weighted by Gasteiger charge is -2.11. The first kappa shape index (κ1) is 15.8. The Kier molecular flexibility index (Phi) is 4.89. The number of alkyl halides is 2. The van der Waals surface area contributed by atoms with Crippen LogP contribution in [0.4, 0.5) is 14.5 Å². The van der Waals surface area contributed by atoms with Gasteiger partial charge in [-0.2, -0.15) is 8.78 Å². The lowest BCUT2D eigenvalue weighted by molar-refractivity contribution is -0.115. The minimum atomic E-state index is -4.75. The molecule has 0 radical (unpaired) electrons. The number of amides is 1. The van der Waals surface area contributed by atoms with E-state index in [-0.39, 0.29) is 12.2 Å². The molecule has 0 atom stereocenters. The average Bonchev–Trinajstić information content (AvgIpc) is 3.23. The number of carbonyl (C=O) groups is 1. The number of hydrogen-bond donors (Lipinski definition) is 2. The van der Waals surface area contributed by atoms with Crippen LogP contribution in [0.5, 0.6) is 0 Å². The molecule has 0 unspecified atom stereocenters. The number of benzene rings is 1. The van der Waals surface area contributed by atoms with Crippen molar-refractivity contribution >= 4 is 21.4 Å². The second kappa shape index (κ2) is 6.48. The molecular weight excluding hydrogens is 302 g/mol. The molecule has 5 nitrogen and oxygen atoms in total. The van der Waals surface area contributed by atoms with Crippen LogP contribution in [-0.2, 0) is 14.6 Å². The number of halogens is 2. The molecule has 1 saturated carbocycles. The first-order chi connectivity index (χ1) is 9.91. The van der Waals surface area contributed by atoms with Crippen molar-refractivity contribution in [2.24, 2.45) is 5.92 Å². The molecule has 0 aromatic heterocycles. The highest BCUT2D eigenvalue weighted by molar-refractivity contribution is 7.91. The second-order valence-electron chi connectivity index (χ2n) is 4.92. The summed E-state index contributed by atoms with van der Waals surface area (Å²) < 4.78 is 48.3. The van der Waals surface area contributed by atoms with Gasteiger partial charge in [-0.3, -0.25) is 4.79 Å². The predicted molar refractivity (Wildman–Crippen MR) is 73.9 cm³/mol. The number of nitrogens with one attached hydrogen (secondary N) is 2. The fourth-order valence-electron chi connectivity index (χ4n) is 1.82. The summed E-state index contributed by atoms with van der Waals surface area (Å²) in [5.74, 6) is -3.39. The number of anilines is 1. The minimum absolute atomic E-state index is 0.0135. The van der Waals surface area contributed by atoms with Crippen molar-refractivity contribution in [1.82, 2.24) is 5.32 Å². The van der Waals surface area contributed by atoms with E-state index < -0.39 is 26.4 Å². The van der Waals surface area contributed by atoms with Gasteiger partial charge in [0.1, 0.15) is 0 Å². The van der Waals surface area contributed by atoms with Crippen molar-refractivity contribution in [3.05, 3.63) is 24.3 Å². The highest BCUT2D eigenvalue weighted by Crippen LogP contribution is 2.27. The summed E-state index contributed by atoms with van der Waals surface area (Å²) in [4.78, 5) is 11.1. The number of carbonyl (C=O) groups excluding carboxylic acids is 1. The quantitative estimate of drug-likeness (QED) is 0.801. The van der Waals surface area contributed by atoms with Crippen LogP contribution >= 0.6 is 0 Å². The highest BCUT2D eigenvalue weighted by Gasteiger charge is 2.29. The van der Waals surface area contributed by atoms with Crippen molar-refractivity contribution < 1.29 is 22.0 Å². The fraction of sp³-hybridized carbons (Fsp3) is 0.462. The first-order valence-corrected chi connectivity index (χ1v) is 8.07. The smallest absolute Gasteiger partial charge is 0.324 e. The molecule has 1 amide bonds. The van der Waals surface area contributed by atoms with Crippen molar-refractivity contribution in [3.63, 3.8) is 0 Å². The Morgan fingerprint density at radius 3 is 2.57 bits per heavy atom. The van der Waals surface area contributed by atoms with E-state index in [1.54, 1.807) is 0 Å². The molecule has 1 aliphatic carbocycles. The Balaban J connectivity index is 2.03. The Morgan fingerprint density at radius 2 is 1.95 bits per heavy atom. The van der Waals surface area contributed by atoms with Gasteiger partial charge < -0.3 is 10.6 Å². The molecule has 0 spiro atoms. The van der Waals surface area contributed by atoms with Crippen molar-refractivity contribution in [2.45, 2.75) is 23.5 Å². The van der Waals surface area contributed by atoms with Gasteiger partial charge in [0, 0.05) is 0 Å². The third-order valence-electron chi connectivity index (χ3n) is 3.12. The maximum atomic E-state index is 12.6. The topological polar surface area (TPSA) is 75.3 Å². The van der Waals surface area contributed by atoms with E-state index in [1.165, 1.54) is 18.2 Å². The van der Waals surface area contributed by atoms with Gasteiger partial charge in [0.05, 0.1) is 17.1 Å².